The molecule has 0 saturated heterocycles. The van der Waals surface area contributed by atoms with E-state index in [4.69, 9.17) is 14.9 Å². The van der Waals surface area contributed by atoms with Crippen LogP contribution in [0.25, 0.3) is 11.1 Å². The number of benzene rings is 3. The Labute approximate surface area is 174 Å². The number of aliphatic hydroxyl groups is 1. The second-order valence-electron chi connectivity index (χ2n) is 6.83. The van der Waals surface area contributed by atoms with Crippen LogP contribution >= 0.6 is 0 Å². The summed E-state index contributed by atoms with van der Waals surface area (Å²) in [4.78, 5) is 23.7. The first-order valence-corrected chi connectivity index (χ1v) is 9.57. The van der Waals surface area contributed by atoms with E-state index in [0.717, 1.165) is 16.7 Å². The number of aliphatic carboxylic acids is 1. The number of carbonyl (C=O) groups excluding carboxylic acids is 1. The third kappa shape index (κ3) is 5.46. The van der Waals surface area contributed by atoms with Gasteiger partial charge in [0, 0.05) is 17.9 Å². The molecule has 0 fully saturated rings. The minimum absolute atomic E-state index is 0.0833. The number of nitrogens with one attached hydrogen (secondary N) is 1. The van der Waals surface area contributed by atoms with Gasteiger partial charge in [-0.05, 0) is 66.4 Å². The minimum atomic E-state index is -1.04. The van der Waals surface area contributed by atoms with Crippen molar-refractivity contribution in [3.8, 4) is 16.9 Å². The zero-order chi connectivity index (χ0) is 21.5. The highest BCUT2D eigenvalue weighted by Gasteiger charge is 2.13. The van der Waals surface area contributed by atoms with Gasteiger partial charge in [-0.1, -0.05) is 36.4 Å². The molecule has 0 bridgehead atoms. The number of hydrogen-bond acceptors (Lipinski definition) is 4. The van der Waals surface area contributed by atoms with Gasteiger partial charge < -0.3 is 20.3 Å². The summed E-state index contributed by atoms with van der Waals surface area (Å²) in [6.45, 7) is 1.55. The first-order valence-electron chi connectivity index (χ1n) is 9.57. The maximum absolute atomic E-state index is 12.7. The zero-order valence-electron chi connectivity index (χ0n) is 16.5. The Kier molecular flexibility index (Phi) is 6.83. The molecular formula is C24H23NO5. The first-order chi connectivity index (χ1) is 14.5. The van der Waals surface area contributed by atoms with E-state index < -0.39 is 12.1 Å². The van der Waals surface area contributed by atoms with Gasteiger partial charge in [0.15, 0.2) is 6.10 Å². The Balaban J connectivity index is 1.75. The van der Waals surface area contributed by atoms with Crippen molar-refractivity contribution < 1.29 is 24.5 Å². The van der Waals surface area contributed by atoms with Crippen LogP contribution in [0, 0.1) is 0 Å². The Morgan fingerprint density at radius 1 is 0.967 bits per heavy atom. The Morgan fingerprint density at radius 3 is 2.30 bits per heavy atom. The third-order valence-electron chi connectivity index (χ3n) is 4.57. The molecule has 0 aromatic heterocycles. The molecule has 0 aliphatic rings. The number of carboxylic acids is 1. The lowest BCUT2D eigenvalue weighted by Crippen LogP contribution is -2.22. The van der Waals surface area contributed by atoms with Crippen LogP contribution in [0.3, 0.4) is 0 Å². The molecule has 3 aromatic rings. The molecule has 154 valence electrons. The normalized spacial score (nSPS) is 11.5. The second-order valence-corrected chi connectivity index (χ2v) is 6.83. The predicted molar refractivity (Wildman–Crippen MR) is 115 cm³/mol. The van der Waals surface area contributed by atoms with E-state index in [1.54, 1.807) is 48.5 Å². The molecule has 0 heterocycles. The van der Waals surface area contributed by atoms with Crippen molar-refractivity contribution in [2.75, 3.05) is 11.9 Å². The van der Waals surface area contributed by atoms with E-state index in [0.29, 0.717) is 23.4 Å². The van der Waals surface area contributed by atoms with Crippen molar-refractivity contribution in [1.29, 1.82) is 0 Å². The van der Waals surface area contributed by atoms with Crippen molar-refractivity contribution in [3.05, 3.63) is 83.9 Å². The SMILES string of the molecule is CC(Oc1cccc(-c2cccc(C(=O)Nc3ccc(CCO)cc3)c2)c1)C(=O)O. The molecule has 6 heteroatoms. The molecular weight excluding hydrogens is 382 g/mol. The zero-order valence-corrected chi connectivity index (χ0v) is 16.5. The van der Waals surface area contributed by atoms with Crippen LogP contribution in [-0.2, 0) is 11.2 Å². The van der Waals surface area contributed by atoms with E-state index in [9.17, 15) is 9.59 Å². The molecule has 3 rings (SSSR count). The van der Waals surface area contributed by atoms with Gasteiger partial charge in [0.2, 0.25) is 0 Å². The summed E-state index contributed by atoms with van der Waals surface area (Å²) < 4.78 is 5.43. The maximum Gasteiger partial charge on any atom is 0.344 e. The number of anilines is 1. The number of carbonyl (C=O) groups is 2. The lowest BCUT2D eigenvalue weighted by molar-refractivity contribution is -0.144. The van der Waals surface area contributed by atoms with Gasteiger partial charge in [-0.15, -0.1) is 0 Å². The van der Waals surface area contributed by atoms with E-state index in [-0.39, 0.29) is 12.5 Å². The van der Waals surface area contributed by atoms with Gasteiger partial charge in [-0.3, -0.25) is 4.79 Å². The van der Waals surface area contributed by atoms with E-state index in [1.165, 1.54) is 6.92 Å². The molecule has 0 saturated carbocycles. The molecule has 0 spiro atoms. The highest BCUT2D eigenvalue weighted by molar-refractivity contribution is 6.05. The van der Waals surface area contributed by atoms with Gasteiger partial charge in [0.25, 0.3) is 5.91 Å². The smallest absolute Gasteiger partial charge is 0.344 e. The number of ether oxygens (including phenoxy) is 1. The Morgan fingerprint density at radius 2 is 1.63 bits per heavy atom. The van der Waals surface area contributed by atoms with Crippen LogP contribution in [0.15, 0.2) is 72.8 Å². The molecule has 0 aliphatic carbocycles. The summed E-state index contributed by atoms with van der Waals surface area (Å²) in [5.74, 6) is -0.831. The first kappa shape index (κ1) is 21.1. The number of rotatable bonds is 8. The van der Waals surface area contributed by atoms with E-state index in [1.807, 2.05) is 24.3 Å². The van der Waals surface area contributed by atoms with Gasteiger partial charge in [-0.25, -0.2) is 4.79 Å². The Hall–Kier alpha value is -3.64. The average Bonchev–Trinajstić information content (AvgIpc) is 2.75. The van der Waals surface area contributed by atoms with E-state index in [2.05, 4.69) is 5.32 Å². The molecule has 3 aromatic carbocycles. The fourth-order valence-corrected chi connectivity index (χ4v) is 2.93. The summed E-state index contributed by atoms with van der Waals surface area (Å²) in [5, 5.41) is 20.9. The molecule has 0 radical (unpaired) electrons. The van der Waals surface area contributed by atoms with Crippen LogP contribution in [-0.4, -0.2) is 34.8 Å². The average molecular weight is 405 g/mol. The number of hydrogen-bond donors (Lipinski definition) is 3. The molecule has 3 N–H and O–H groups in total. The summed E-state index contributed by atoms with van der Waals surface area (Å²) >= 11 is 0. The van der Waals surface area contributed by atoms with Crippen molar-refractivity contribution >= 4 is 17.6 Å². The number of aliphatic hydroxyl groups excluding tert-OH is 1. The summed E-state index contributed by atoms with van der Waals surface area (Å²) in [5.41, 5.74) is 3.79. The molecule has 1 atom stereocenters. The van der Waals surface area contributed by atoms with Crippen LogP contribution in [0.2, 0.25) is 0 Å². The van der Waals surface area contributed by atoms with Gasteiger partial charge in [0.1, 0.15) is 5.75 Å². The van der Waals surface area contributed by atoms with Crippen molar-refractivity contribution in [1.82, 2.24) is 0 Å². The van der Waals surface area contributed by atoms with Crippen LogP contribution in [0.1, 0.15) is 22.8 Å². The van der Waals surface area contributed by atoms with Gasteiger partial charge >= 0.3 is 5.97 Å². The minimum Gasteiger partial charge on any atom is -0.479 e. The molecule has 30 heavy (non-hydrogen) atoms. The molecule has 1 unspecified atom stereocenters. The van der Waals surface area contributed by atoms with E-state index >= 15 is 0 Å². The highest BCUT2D eigenvalue weighted by atomic mass is 16.5. The predicted octanol–water partition coefficient (Wildman–Crippen LogP) is 3.99. The lowest BCUT2D eigenvalue weighted by Gasteiger charge is -2.12. The fourth-order valence-electron chi connectivity index (χ4n) is 2.93. The fraction of sp³-hybridized carbons (Fsp3) is 0.167. The third-order valence-corrected chi connectivity index (χ3v) is 4.57. The Bertz CT molecular complexity index is 1030. The van der Waals surface area contributed by atoms with Crippen LogP contribution < -0.4 is 10.1 Å². The summed E-state index contributed by atoms with van der Waals surface area (Å²) in [6.07, 6.45) is -0.384. The topological polar surface area (TPSA) is 95.9 Å². The highest BCUT2D eigenvalue weighted by Crippen LogP contribution is 2.25. The molecule has 6 nitrogen and oxygen atoms in total. The van der Waals surface area contributed by atoms with Crippen molar-refractivity contribution in [3.63, 3.8) is 0 Å². The second kappa shape index (κ2) is 9.71. The van der Waals surface area contributed by atoms with Crippen LogP contribution in [0.4, 0.5) is 5.69 Å². The quantitative estimate of drug-likeness (QED) is 0.527. The lowest BCUT2D eigenvalue weighted by atomic mass is 10.0. The summed E-state index contributed by atoms with van der Waals surface area (Å²) in [6, 6.07) is 21.6. The van der Waals surface area contributed by atoms with Crippen molar-refractivity contribution in [2.45, 2.75) is 19.4 Å². The van der Waals surface area contributed by atoms with Crippen LogP contribution in [0.5, 0.6) is 5.75 Å². The maximum atomic E-state index is 12.7. The number of amides is 1. The number of carboxylic acid groups (broad SMARTS) is 1. The molecule has 1 amide bonds. The van der Waals surface area contributed by atoms with Gasteiger partial charge in [-0.2, -0.15) is 0 Å². The van der Waals surface area contributed by atoms with Crippen molar-refractivity contribution in [2.24, 2.45) is 0 Å². The molecule has 0 aliphatic heterocycles. The largest absolute Gasteiger partial charge is 0.479 e. The monoisotopic (exact) mass is 405 g/mol. The standard InChI is InChI=1S/C24H23NO5/c1-16(24(28)29)30-22-7-3-5-19(15-22)18-4-2-6-20(14-18)23(27)25-21-10-8-17(9-11-21)12-13-26/h2-11,14-16,26H,12-13H2,1H3,(H,25,27)(H,28,29). The summed E-state index contributed by atoms with van der Waals surface area (Å²) in [7, 11) is 0. The van der Waals surface area contributed by atoms with Gasteiger partial charge in [0.05, 0.1) is 0 Å².